The Bertz CT molecular complexity index is 602. The van der Waals surface area contributed by atoms with Crippen LogP contribution >= 0.6 is 11.6 Å². The summed E-state index contributed by atoms with van der Waals surface area (Å²) < 4.78 is 18.9. The summed E-state index contributed by atoms with van der Waals surface area (Å²) in [5, 5.41) is 11.8. The van der Waals surface area contributed by atoms with Crippen LogP contribution in [0.2, 0.25) is 5.02 Å². The molecule has 0 radical (unpaired) electrons. The highest BCUT2D eigenvalue weighted by molar-refractivity contribution is 6.31. The molecule has 3 atom stereocenters. The van der Waals surface area contributed by atoms with Gasteiger partial charge >= 0.3 is 5.97 Å². The molecular formula is C16H17ClFNO4. The van der Waals surface area contributed by atoms with Crippen LogP contribution in [-0.4, -0.2) is 36.2 Å². The first-order valence-corrected chi connectivity index (χ1v) is 7.49. The summed E-state index contributed by atoms with van der Waals surface area (Å²) in [5.41, 5.74) is 0.309. The standard InChI is InChI=1S/C16H17ClFNO4/c1-2-6-23-8-13(16(21)22)19-15(20)10-7-9(10)14-11(17)4-3-5-12(14)18/h2-5,9-10,13H,1,6-8H2,(H,19,20)(H,21,22). The van der Waals surface area contributed by atoms with E-state index in [1.165, 1.54) is 18.2 Å². The zero-order valence-electron chi connectivity index (χ0n) is 12.3. The van der Waals surface area contributed by atoms with Gasteiger partial charge in [-0.15, -0.1) is 6.58 Å². The molecule has 0 spiro atoms. The topological polar surface area (TPSA) is 75.6 Å². The minimum atomic E-state index is -1.19. The third-order valence-corrected chi connectivity index (χ3v) is 3.96. The van der Waals surface area contributed by atoms with Crippen LogP contribution in [0.4, 0.5) is 4.39 Å². The number of carbonyl (C=O) groups is 2. The quantitative estimate of drug-likeness (QED) is 0.562. The summed E-state index contributed by atoms with van der Waals surface area (Å²) in [6.07, 6.45) is 1.92. The Morgan fingerprint density at radius 3 is 2.91 bits per heavy atom. The number of benzene rings is 1. The lowest BCUT2D eigenvalue weighted by molar-refractivity contribution is -0.143. The summed E-state index contributed by atoms with van der Waals surface area (Å²) in [6, 6.07) is 3.20. The number of carboxylic acid groups (broad SMARTS) is 1. The van der Waals surface area contributed by atoms with E-state index in [-0.39, 0.29) is 24.2 Å². The van der Waals surface area contributed by atoms with E-state index in [1.807, 2.05) is 0 Å². The first-order valence-electron chi connectivity index (χ1n) is 7.11. The molecule has 2 N–H and O–H groups in total. The fraction of sp³-hybridized carbons (Fsp3) is 0.375. The Morgan fingerprint density at radius 1 is 1.57 bits per heavy atom. The zero-order valence-corrected chi connectivity index (χ0v) is 13.1. The van der Waals surface area contributed by atoms with Crippen LogP contribution in [0.1, 0.15) is 17.9 Å². The first kappa shape index (κ1) is 17.4. The molecule has 0 aromatic heterocycles. The smallest absolute Gasteiger partial charge is 0.328 e. The van der Waals surface area contributed by atoms with E-state index in [0.29, 0.717) is 12.0 Å². The van der Waals surface area contributed by atoms with Crippen molar-refractivity contribution in [1.82, 2.24) is 5.32 Å². The number of halogens is 2. The lowest BCUT2D eigenvalue weighted by Gasteiger charge is -2.14. The van der Waals surface area contributed by atoms with E-state index >= 15 is 0 Å². The van der Waals surface area contributed by atoms with E-state index in [4.69, 9.17) is 21.4 Å². The van der Waals surface area contributed by atoms with Crippen molar-refractivity contribution in [3.63, 3.8) is 0 Å². The summed E-state index contributed by atoms with van der Waals surface area (Å²) in [5.74, 6) is -2.90. The lowest BCUT2D eigenvalue weighted by atomic mass is 10.1. The zero-order chi connectivity index (χ0) is 17.0. The van der Waals surface area contributed by atoms with Crippen molar-refractivity contribution in [2.45, 2.75) is 18.4 Å². The lowest BCUT2D eigenvalue weighted by Crippen LogP contribution is -2.44. The highest BCUT2D eigenvalue weighted by Gasteiger charge is 2.47. The number of carboxylic acids is 1. The van der Waals surface area contributed by atoms with Crippen molar-refractivity contribution in [3.05, 3.63) is 47.3 Å². The highest BCUT2D eigenvalue weighted by atomic mass is 35.5. The van der Waals surface area contributed by atoms with Crippen LogP contribution in [0.3, 0.4) is 0 Å². The summed E-state index contributed by atoms with van der Waals surface area (Å²) in [7, 11) is 0. The predicted molar refractivity (Wildman–Crippen MR) is 82.8 cm³/mol. The average molecular weight is 342 g/mol. The number of aliphatic carboxylic acids is 1. The van der Waals surface area contributed by atoms with Crippen molar-refractivity contribution in [2.75, 3.05) is 13.2 Å². The Morgan fingerprint density at radius 2 is 2.30 bits per heavy atom. The molecule has 7 heteroatoms. The van der Waals surface area contributed by atoms with Gasteiger partial charge in [0.05, 0.1) is 13.2 Å². The van der Waals surface area contributed by atoms with Crippen molar-refractivity contribution in [1.29, 1.82) is 0 Å². The van der Waals surface area contributed by atoms with E-state index in [2.05, 4.69) is 11.9 Å². The second-order valence-electron chi connectivity index (χ2n) is 5.31. The molecule has 1 aliphatic rings. The monoisotopic (exact) mass is 341 g/mol. The van der Waals surface area contributed by atoms with Crippen molar-refractivity contribution in [2.24, 2.45) is 5.92 Å². The predicted octanol–water partition coefficient (Wildman–Crippen LogP) is 2.35. The van der Waals surface area contributed by atoms with Crippen molar-refractivity contribution in [3.8, 4) is 0 Å². The normalized spacial score (nSPS) is 20.6. The summed E-state index contributed by atoms with van der Waals surface area (Å²) in [4.78, 5) is 23.3. The van der Waals surface area contributed by atoms with Crippen LogP contribution in [0.25, 0.3) is 0 Å². The molecule has 1 saturated carbocycles. The fourth-order valence-corrected chi connectivity index (χ4v) is 2.69. The number of hydrogen-bond donors (Lipinski definition) is 2. The largest absolute Gasteiger partial charge is 0.480 e. The van der Waals surface area contributed by atoms with Crippen molar-refractivity contribution >= 4 is 23.5 Å². The molecule has 1 amide bonds. The highest BCUT2D eigenvalue weighted by Crippen LogP contribution is 2.50. The SMILES string of the molecule is C=CCOCC(NC(=O)C1CC1c1c(F)cccc1Cl)C(=O)O. The molecule has 1 aromatic carbocycles. The van der Waals surface area contributed by atoms with Crippen LogP contribution in [0, 0.1) is 11.7 Å². The van der Waals surface area contributed by atoms with Gasteiger partial charge in [0, 0.05) is 22.4 Å². The first-order chi connectivity index (χ1) is 11.0. The minimum Gasteiger partial charge on any atom is -0.480 e. The molecule has 5 nitrogen and oxygen atoms in total. The Kier molecular flexibility index (Phi) is 5.74. The molecule has 3 unspecified atom stereocenters. The van der Waals surface area contributed by atoms with Crippen molar-refractivity contribution < 1.29 is 23.8 Å². The Labute approximate surface area is 138 Å². The van der Waals surface area contributed by atoms with Gasteiger partial charge in [0.1, 0.15) is 5.82 Å². The molecule has 0 heterocycles. The third-order valence-electron chi connectivity index (χ3n) is 3.63. The van der Waals surface area contributed by atoms with Gasteiger partial charge in [-0.2, -0.15) is 0 Å². The van der Waals surface area contributed by atoms with Gasteiger partial charge in [-0.1, -0.05) is 23.7 Å². The number of carbonyl (C=O) groups excluding carboxylic acids is 1. The fourth-order valence-electron chi connectivity index (χ4n) is 2.39. The molecule has 23 heavy (non-hydrogen) atoms. The van der Waals surface area contributed by atoms with Gasteiger partial charge in [-0.25, -0.2) is 9.18 Å². The van der Waals surface area contributed by atoms with Gasteiger partial charge in [0.2, 0.25) is 5.91 Å². The van der Waals surface area contributed by atoms with Gasteiger partial charge in [0.25, 0.3) is 0 Å². The second kappa shape index (κ2) is 7.57. The van der Waals surface area contributed by atoms with Crippen LogP contribution in [0.15, 0.2) is 30.9 Å². The summed E-state index contributed by atoms with van der Waals surface area (Å²) in [6.45, 7) is 3.48. The average Bonchev–Trinajstić information content (AvgIpc) is 3.26. The molecule has 0 aliphatic heterocycles. The van der Waals surface area contributed by atoms with E-state index in [1.54, 1.807) is 6.07 Å². The van der Waals surface area contributed by atoms with Crippen LogP contribution < -0.4 is 5.32 Å². The van der Waals surface area contributed by atoms with Gasteiger partial charge < -0.3 is 15.2 Å². The minimum absolute atomic E-state index is 0.162. The maximum Gasteiger partial charge on any atom is 0.328 e. The van der Waals surface area contributed by atoms with Gasteiger partial charge in [-0.3, -0.25) is 4.79 Å². The maximum absolute atomic E-state index is 13.8. The van der Waals surface area contributed by atoms with Crippen LogP contribution in [0.5, 0.6) is 0 Å². The van der Waals surface area contributed by atoms with E-state index < -0.39 is 29.7 Å². The Balaban J connectivity index is 1.97. The summed E-state index contributed by atoms with van der Waals surface area (Å²) >= 11 is 5.98. The number of rotatable bonds is 8. The molecule has 124 valence electrons. The number of nitrogens with one attached hydrogen (secondary N) is 1. The van der Waals surface area contributed by atoms with Gasteiger partial charge in [0.15, 0.2) is 6.04 Å². The molecule has 1 fully saturated rings. The molecule has 1 aliphatic carbocycles. The molecule has 2 rings (SSSR count). The third kappa shape index (κ3) is 4.30. The number of ether oxygens (including phenoxy) is 1. The Hall–Kier alpha value is -1.92. The molecule has 1 aromatic rings. The number of amides is 1. The second-order valence-corrected chi connectivity index (χ2v) is 5.72. The van der Waals surface area contributed by atoms with Crippen LogP contribution in [-0.2, 0) is 14.3 Å². The van der Waals surface area contributed by atoms with Gasteiger partial charge in [-0.05, 0) is 18.6 Å². The number of hydrogen-bond acceptors (Lipinski definition) is 3. The maximum atomic E-state index is 13.8. The molecular weight excluding hydrogens is 325 g/mol. The van der Waals surface area contributed by atoms with E-state index in [0.717, 1.165) is 0 Å². The molecule has 0 saturated heterocycles. The molecule has 0 bridgehead atoms. The van der Waals surface area contributed by atoms with E-state index in [9.17, 15) is 14.0 Å².